The molecule has 0 heterocycles. The molecule has 0 spiro atoms. The van der Waals surface area contributed by atoms with Gasteiger partial charge in [-0.2, -0.15) is 0 Å². The van der Waals surface area contributed by atoms with Gasteiger partial charge in [-0.25, -0.2) is 8.42 Å². The van der Waals surface area contributed by atoms with Gasteiger partial charge in [0.2, 0.25) is 0 Å². The van der Waals surface area contributed by atoms with Crippen LogP contribution < -0.4 is 10.0 Å². The first kappa shape index (κ1) is 21.2. The number of hydrogen-bond donors (Lipinski definition) is 2. The normalized spacial score (nSPS) is 12.6. The number of amides is 1. The van der Waals surface area contributed by atoms with Crippen molar-refractivity contribution >= 4 is 33.2 Å². The number of nitrogens with zero attached hydrogens (tertiary/aromatic N) is 1. The second-order valence-electron chi connectivity index (χ2n) is 6.60. The van der Waals surface area contributed by atoms with Crippen LogP contribution in [0.5, 0.6) is 0 Å². The number of benzene rings is 2. The van der Waals surface area contributed by atoms with Crippen LogP contribution in [0, 0.1) is 0 Å². The zero-order valence-corrected chi connectivity index (χ0v) is 17.1. The molecule has 0 radical (unpaired) electrons. The van der Waals surface area contributed by atoms with Gasteiger partial charge < -0.3 is 10.2 Å². The first-order chi connectivity index (χ1) is 12.7. The van der Waals surface area contributed by atoms with E-state index in [0.717, 1.165) is 13.0 Å². The van der Waals surface area contributed by atoms with E-state index in [2.05, 4.69) is 14.9 Å². The Morgan fingerprint density at radius 1 is 1.07 bits per heavy atom. The highest BCUT2D eigenvalue weighted by molar-refractivity contribution is 7.92. The van der Waals surface area contributed by atoms with Crippen molar-refractivity contribution in [1.29, 1.82) is 0 Å². The minimum atomic E-state index is -3.74. The van der Waals surface area contributed by atoms with Crippen LogP contribution in [0.15, 0.2) is 53.4 Å². The van der Waals surface area contributed by atoms with Gasteiger partial charge in [-0.3, -0.25) is 9.52 Å². The molecule has 0 aromatic heterocycles. The first-order valence-corrected chi connectivity index (χ1v) is 10.4. The lowest BCUT2D eigenvalue weighted by atomic mass is 10.1. The van der Waals surface area contributed by atoms with Gasteiger partial charge in [0, 0.05) is 22.3 Å². The van der Waals surface area contributed by atoms with Crippen LogP contribution >= 0.6 is 11.6 Å². The third-order valence-corrected chi connectivity index (χ3v) is 5.56. The Morgan fingerprint density at radius 2 is 1.67 bits per heavy atom. The Morgan fingerprint density at radius 3 is 2.22 bits per heavy atom. The van der Waals surface area contributed by atoms with Gasteiger partial charge in [0.25, 0.3) is 15.9 Å². The Hall–Kier alpha value is -2.09. The molecule has 1 atom stereocenters. The van der Waals surface area contributed by atoms with Crippen LogP contribution in [0.3, 0.4) is 0 Å². The minimum absolute atomic E-state index is 0.0230. The SMILES string of the molecule is CC(CCN(C)C)NC(=O)c1ccc(S(=O)(=O)Nc2ccc(Cl)cc2)cc1. The summed E-state index contributed by atoms with van der Waals surface area (Å²) in [6.45, 7) is 2.81. The fraction of sp³-hybridized carbons (Fsp3) is 0.316. The average molecular weight is 410 g/mol. The summed E-state index contributed by atoms with van der Waals surface area (Å²) >= 11 is 5.80. The van der Waals surface area contributed by atoms with E-state index >= 15 is 0 Å². The highest BCUT2D eigenvalue weighted by Crippen LogP contribution is 2.19. The molecule has 146 valence electrons. The molecular formula is C19H24ClN3O3S. The first-order valence-electron chi connectivity index (χ1n) is 8.51. The number of sulfonamides is 1. The summed E-state index contributed by atoms with van der Waals surface area (Å²) in [5.74, 6) is -0.226. The van der Waals surface area contributed by atoms with Crippen LogP contribution in [-0.4, -0.2) is 45.9 Å². The molecule has 0 aliphatic heterocycles. The summed E-state index contributed by atoms with van der Waals surface area (Å²) < 4.78 is 27.4. The number of carbonyl (C=O) groups excluding carboxylic acids is 1. The third kappa shape index (κ3) is 6.53. The van der Waals surface area contributed by atoms with Crippen LogP contribution in [0.1, 0.15) is 23.7 Å². The zero-order chi connectivity index (χ0) is 20.0. The third-order valence-electron chi connectivity index (χ3n) is 3.91. The molecule has 2 aromatic rings. The zero-order valence-electron chi connectivity index (χ0n) is 15.6. The van der Waals surface area contributed by atoms with E-state index in [9.17, 15) is 13.2 Å². The van der Waals surface area contributed by atoms with Crippen molar-refractivity contribution in [3.05, 3.63) is 59.1 Å². The summed E-state index contributed by atoms with van der Waals surface area (Å²) in [5.41, 5.74) is 0.827. The molecule has 0 saturated carbocycles. The summed E-state index contributed by atoms with van der Waals surface area (Å²) in [4.78, 5) is 14.4. The predicted octanol–water partition coefficient (Wildman–Crippen LogP) is 3.21. The number of anilines is 1. The molecule has 2 rings (SSSR count). The maximum atomic E-state index is 12.4. The van der Waals surface area contributed by atoms with E-state index in [1.54, 1.807) is 24.3 Å². The van der Waals surface area contributed by atoms with E-state index in [1.807, 2.05) is 21.0 Å². The van der Waals surface area contributed by atoms with E-state index in [0.29, 0.717) is 16.3 Å². The van der Waals surface area contributed by atoms with Crippen LogP contribution in [0.2, 0.25) is 5.02 Å². The fourth-order valence-electron chi connectivity index (χ4n) is 2.35. The molecule has 27 heavy (non-hydrogen) atoms. The van der Waals surface area contributed by atoms with Crippen molar-refractivity contribution in [2.24, 2.45) is 0 Å². The lowest BCUT2D eigenvalue weighted by Crippen LogP contribution is -2.34. The maximum absolute atomic E-state index is 12.4. The van der Waals surface area contributed by atoms with Gasteiger partial charge >= 0.3 is 0 Å². The molecule has 0 fully saturated rings. The molecule has 0 saturated heterocycles. The largest absolute Gasteiger partial charge is 0.350 e. The van der Waals surface area contributed by atoms with Gasteiger partial charge in [-0.15, -0.1) is 0 Å². The van der Waals surface area contributed by atoms with Gasteiger partial charge in [0.05, 0.1) is 4.90 Å². The second kappa shape index (κ2) is 9.21. The maximum Gasteiger partial charge on any atom is 0.261 e. The van der Waals surface area contributed by atoms with Crippen LogP contribution in [-0.2, 0) is 10.0 Å². The summed E-state index contributed by atoms with van der Waals surface area (Å²) in [7, 11) is 0.216. The van der Waals surface area contributed by atoms with Crippen molar-refractivity contribution < 1.29 is 13.2 Å². The van der Waals surface area contributed by atoms with Gasteiger partial charge in [-0.1, -0.05) is 11.6 Å². The van der Waals surface area contributed by atoms with Crippen molar-refractivity contribution in [2.75, 3.05) is 25.4 Å². The molecule has 0 bridgehead atoms. The smallest absolute Gasteiger partial charge is 0.261 e. The quantitative estimate of drug-likeness (QED) is 0.701. The van der Waals surface area contributed by atoms with Crippen molar-refractivity contribution in [1.82, 2.24) is 10.2 Å². The molecular weight excluding hydrogens is 386 g/mol. The average Bonchev–Trinajstić information content (AvgIpc) is 2.62. The van der Waals surface area contributed by atoms with Crippen molar-refractivity contribution in [3.8, 4) is 0 Å². The Kier molecular flexibility index (Phi) is 7.24. The molecule has 8 heteroatoms. The number of nitrogens with one attached hydrogen (secondary N) is 2. The summed E-state index contributed by atoms with van der Waals surface area (Å²) in [6, 6.07) is 12.2. The molecule has 2 aromatic carbocycles. The highest BCUT2D eigenvalue weighted by atomic mass is 35.5. The molecule has 1 amide bonds. The lowest BCUT2D eigenvalue weighted by molar-refractivity contribution is 0.0936. The number of rotatable bonds is 8. The number of carbonyl (C=O) groups is 1. The second-order valence-corrected chi connectivity index (χ2v) is 8.72. The topological polar surface area (TPSA) is 78.5 Å². The molecule has 0 aliphatic rings. The predicted molar refractivity (Wildman–Crippen MR) is 109 cm³/mol. The summed E-state index contributed by atoms with van der Waals surface area (Å²) in [6.07, 6.45) is 0.830. The Balaban J connectivity index is 2.02. The van der Waals surface area contributed by atoms with Gasteiger partial charge in [0.1, 0.15) is 0 Å². The number of halogens is 1. The Labute approximate surface area is 165 Å². The van der Waals surface area contributed by atoms with Crippen molar-refractivity contribution in [3.63, 3.8) is 0 Å². The van der Waals surface area contributed by atoms with Gasteiger partial charge in [-0.05, 0) is 82.5 Å². The van der Waals surface area contributed by atoms with Gasteiger partial charge in [0.15, 0.2) is 0 Å². The minimum Gasteiger partial charge on any atom is -0.350 e. The molecule has 6 nitrogen and oxygen atoms in total. The van der Waals surface area contributed by atoms with E-state index in [1.165, 1.54) is 24.3 Å². The van der Waals surface area contributed by atoms with E-state index < -0.39 is 10.0 Å². The summed E-state index contributed by atoms with van der Waals surface area (Å²) in [5, 5.41) is 3.43. The lowest BCUT2D eigenvalue weighted by Gasteiger charge is -2.17. The fourth-order valence-corrected chi connectivity index (χ4v) is 3.53. The van der Waals surface area contributed by atoms with E-state index in [4.69, 9.17) is 11.6 Å². The standard InChI is InChI=1S/C19H24ClN3O3S/c1-14(12-13-23(2)3)21-19(24)15-4-10-18(11-5-15)27(25,26)22-17-8-6-16(20)7-9-17/h4-11,14,22H,12-13H2,1-3H3,(H,21,24). The molecule has 1 unspecified atom stereocenters. The Bertz CT molecular complexity index is 866. The van der Waals surface area contributed by atoms with E-state index in [-0.39, 0.29) is 16.8 Å². The number of hydrogen-bond acceptors (Lipinski definition) is 4. The van der Waals surface area contributed by atoms with Crippen LogP contribution in [0.25, 0.3) is 0 Å². The monoisotopic (exact) mass is 409 g/mol. The van der Waals surface area contributed by atoms with Crippen LogP contribution in [0.4, 0.5) is 5.69 Å². The van der Waals surface area contributed by atoms with Crippen molar-refractivity contribution in [2.45, 2.75) is 24.3 Å². The molecule has 0 aliphatic carbocycles. The highest BCUT2D eigenvalue weighted by Gasteiger charge is 2.16. The molecule has 2 N–H and O–H groups in total.